The van der Waals surface area contributed by atoms with Crippen LogP contribution in [0.5, 0.6) is 5.75 Å². The number of anilines is 1. The summed E-state index contributed by atoms with van der Waals surface area (Å²) in [5.74, 6) is -0.285. The van der Waals surface area contributed by atoms with Crippen LogP contribution < -0.4 is 10.1 Å². The lowest BCUT2D eigenvalue weighted by molar-refractivity contribution is -0.0118. The van der Waals surface area contributed by atoms with Gasteiger partial charge in [-0.1, -0.05) is 0 Å². The quantitative estimate of drug-likeness (QED) is 0.581. The van der Waals surface area contributed by atoms with Crippen LogP contribution in [0.4, 0.5) is 14.9 Å². The largest absolute Gasteiger partial charge is 0.494 e. The molecule has 0 aliphatic heterocycles. The van der Waals surface area contributed by atoms with Crippen LogP contribution in [0, 0.1) is 5.82 Å². The number of nitrogens with zero attached hydrogens (tertiary/aromatic N) is 1. The van der Waals surface area contributed by atoms with Crippen LogP contribution in [-0.2, 0) is 0 Å². The number of ether oxygens (including phenoxy) is 1. The van der Waals surface area contributed by atoms with Gasteiger partial charge in [0.05, 0.1) is 12.8 Å². The molecule has 0 aromatic heterocycles. The number of urea groups is 1. The number of carbonyl (C=O) groups excluding carboxylic acids is 1. The Hall–Kier alpha value is -1.82. The highest BCUT2D eigenvalue weighted by atomic mass is 19.1. The fraction of sp³-hybridized carbons (Fsp3) is 0.222. The molecular weight excluding hydrogens is 203 g/mol. The Morgan fingerprint density at radius 3 is 2.80 bits per heavy atom. The lowest BCUT2D eigenvalue weighted by atomic mass is 10.3. The molecule has 0 aliphatic carbocycles. The normalized spacial score (nSPS) is 9.60. The summed E-state index contributed by atoms with van der Waals surface area (Å²) in [6.45, 7) is 0. The third-order valence-corrected chi connectivity index (χ3v) is 1.70. The minimum Gasteiger partial charge on any atom is -0.494 e. The molecule has 15 heavy (non-hydrogen) atoms. The molecular formula is C9H11FN2O3. The zero-order chi connectivity index (χ0) is 11.4. The summed E-state index contributed by atoms with van der Waals surface area (Å²) in [6, 6.07) is 2.91. The van der Waals surface area contributed by atoms with Gasteiger partial charge >= 0.3 is 6.03 Å². The van der Waals surface area contributed by atoms with Gasteiger partial charge in [-0.05, 0) is 12.1 Å². The number of hydrogen-bond acceptors (Lipinski definition) is 3. The van der Waals surface area contributed by atoms with E-state index in [2.05, 4.69) is 5.32 Å². The van der Waals surface area contributed by atoms with Crippen LogP contribution in [0.25, 0.3) is 0 Å². The number of hydrogen-bond donors (Lipinski definition) is 2. The highest BCUT2D eigenvalue weighted by Gasteiger charge is 2.10. The van der Waals surface area contributed by atoms with Gasteiger partial charge in [0.2, 0.25) is 0 Å². The second kappa shape index (κ2) is 4.61. The third kappa shape index (κ3) is 2.81. The molecule has 0 radical (unpaired) electrons. The van der Waals surface area contributed by atoms with E-state index in [0.29, 0.717) is 5.06 Å². The van der Waals surface area contributed by atoms with Crippen molar-refractivity contribution in [3.63, 3.8) is 0 Å². The van der Waals surface area contributed by atoms with Crippen LogP contribution in [0.2, 0.25) is 0 Å². The number of carbonyl (C=O) groups is 1. The first kappa shape index (κ1) is 11.3. The van der Waals surface area contributed by atoms with Gasteiger partial charge in [-0.2, -0.15) is 0 Å². The third-order valence-electron chi connectivity index (χ3n) is 1.70. The summed E-state index contributed by atoms with van der Waals surface area (Å²) in [4.78, 5) is 11.1. The summed E-state index contributed by atoms with van der Waals surface area (Å²) >= 11 is 0. The molecule has 0 aliphatic rings. The van der Waals surface area contributed by atoms with Crippen molar-refractivity contribution in [3.05, 3.63) is 24.0 Å². The molecule has 1 aromatic rings. The molecule has 2 N–H and O–H groups in total. The van der Waals surface area contributed by atoms with Gasteiger partial charge in [0, 0.05) is 13.1 Å². The lowest BCUT2D eigenvalue weighted by Gasteiger charge is -2.12. The predicted molar refractivity (Wildman–Crippen MR) is 51.5 cm³/mol. The Kier molecular flexibility index (Phi) is 3.46. The average Bonchev–Trinajstić information content (AvgIpc) is 2.20. The van der Waals surface area contributed by atoms with E-state index in [1.54, 1.807) is 0 Å². The number of hydroxylamine groups is 2. The van der Waals surface area contributed by atoms with Gasteiger partial charge in [-0.3, -0.25) is 5.21 Å². The number of benzene rings is 1. The zero-order valence-corrected chi connectivity index (χ0v) is 8.32. The summed E-state index contributed by atoms with van der Waals surface area (Å²) in [5, 5.41) is 11.5. The van der Waals surface area contributed by atoms with E-state index in [9.17, 15) is 9.18 Å². The van der Waals surface area contributed by atoms with Gasteiger partial charge in [-0.25, -0.2) is 14.2 Å². The molecule has 0 bridgehead atoms. The minimum atomic E-state index is -0.736. The SMILES string of the molecule is COc1cc(F)ccc1NC(=O)N(C)O. The molecule has 0 fully saturated rings. The summed E-state index contributed by atoms with van der Waals surface area (Å²) in [6.07, 6.45) is 0. The fourth-order valence-corrected chi connectivity index (χ4v) is 0.964. The number of halogens is 1. The van der Waals surface area contributed by atoms with Crippen molar-refractivity contribution in [2.75, 3.05) is 19.5 Å². The molecule has 5 nitrogen and oxygen atoms in total. The van der Waals surface area contributed by atoms with E-state index in [1.165, 1.54) is 26.3 Å². The van der Waals surface area contributed by atoms with Crippen LogP contribution >= 0.6 is 0 Å². The van der Waals surface area contributed by atoms with E-state index in [0.717, 1.165) is 6.07 Å². The maximum absolute atomic E-state index is 12.8. The summed E-state index contributed by atoms with van der Waals surface area (Å²) < 4.78 is 17.6. The molecule has 0 heterocycles. The number of methoxy groups -OCH3 is 1. The molecule has 6 heteroatoms. The van der Waals surface area contributed by atoms with Crippen molar-refractivity contribution in [1.29, 1.82) is 0 Å². The van der Waals surface area contributed by atoms with Crippen LogP contribution in [0.15, 0.2) is 18.2 Å². The van der Waals surface area contributed by atoms with E-state index >= 15 is 0 Å². The Morgan fingerprint density at radius 2 is 2.27 bits per heavy atom. The fourth-order valence-electron chi connectivity index (χ4n) is 0.964. The number of amides is 2. The van der Waals surface area contributed by atoms with E-state index in [4.69, 9.17) is 9.94 Å². The Balaban J connectivity index is 2.89. The van der Waals surface area contributed by atoms with Crippen molar-refractivity contribution >= 4 is 11.7 Å². The van der Waals surface area contributed by atoms with Crippen LogP contribution in [-0.4, -0.2) is 30.5 Å². The average molecular weight is 214 g/mol. The van der Waals surface area contributed by atoms with E-state index in [-0.39, 0.29) is 11.4 Å². The van der Waals surface area contributed by atoms with Gasteiger partial charge in [-0.15, -0.1) is 0 Å². The second-order valence-electron chi connectivity index (χ2n) is 2.80. The molecule has 0 atom stereocenters. The van der Waals surface area contributed by atoms with Gasteiger partial charge in [0.15, 0.2) is 0 Å². The first-order chi connectivity index (χ1) is 7.04. The highest BCUT2D eigenvalue weighted by molar-refractivity contribution is 5.90. The Morgan fingerprint density at radius 1 is 1.60 bits per heavy atom. The standard InChI is InChI=1S/C9H11FN2O3/c1-12(14)9(13)11-7-4-3-6(10)5-8(7)15-2/h3-5,14H,1-2H3,(H,11,13). The Bertz CT molecular complexity index is 368. The first-order valence-electron chi connectivity index (χ1n) is 4.11. The van der Waals surface area contributed by atoms with Crippen molar-refractivity contribution in [1.82, 2.24) is 5.06 Å². The van der Waals surface area contributed by atoms with Crippen LogP contribution in [0.1, 0.15) is 0 Å². The number of rotatable bonds is 2. The first-order valence-corrected chi connectivity index (χ1v) is 4.11. The monoisotopic (exact) mass is 214 g/mol. The number of nitrogens with one attached hydrogen (secondary N) is 1. The lowest BCUT2D eigenvalue weighted by Crippen LogP contribution is -2.28. The van der Waals surface area contributed by atoms with Gasteiger partial charge in [0.25, 0.3) is 0 Å². The maximum atomic E-state index is 12.8. The molecule has 0 unspecified atom stereocenters. The summed E-state index contributed by atoms with van der Waals surface area (Å²) in [5.41, 5.74) is 0.282. The Labute approximate surface area is 86.0 Å². The van der Waals surface area contributed by atoms with Crippen molar-refractivity contribution in [2.24, 2.45) is 0 Å². The minimum absolute atomic E-state index is 0.185. The van der Waals surface area contributed by atoms with Gasteiger partial charge in [0.1, 0.15) is 11.6 Å². The van der Waals surface area contributed by atoms with Crippen molar-refractivity contribution in [3.8, 4) is 5.75 Å². The van der Waals surface area contributed by atoms with E-state index in [1.807, 2.05) is 0 Å². The molecule has 0 spiro atoms. The molecule has 0 saturated heterocycles. The molecule has 82 valence electrons. The van der Waals surface area contributed by atoms with Crippen molar-refractivity contribution in [2.45, 2.75) is 0 Å². The smallest absolute Gasteiger partial charge is 0.345 e. The predicted octanol–water partition coefficient (Wildman–Crippen LogP) is 1.69. The second-order valence-corrected chi connectivity index (χ2v) is 2.80. The van der Waals surface area contributed by atoms with Gasteiger partial charge < -0.3 is 10.1 Å². The highest BCUT2D eigenvalue weighted by Crippen LogP contribution is 2.24. The molecule has 1 rings (SSSR count). The molecule has 2 amide bonds. The molecule has 1 aromatic carbocycles. The zero-order valence-electron chi connectivity index (χ0n) is 8.32. The summed E-state index contributed by atoms with van der Waals surface area (Å²) in [7, 11) is 2.53. The topological polar surface area (TPSA) is 61.8 Å². The van der Waals surface area contributed by atoms with Crippen LogP contribution in [0.3, 0.4) is 0 Å². The van der Waals surface area contributed by atoms with Crippen molar-refractivity contribution < 1.29 is 19.1 Å². The molecule has 0 saturated carbocycles. The maximum Gasteiger partial charge on any atom is 0.345 e. The van der Waals surface area contributed by atoms with E-state index < -0.39 is 11.8 Å².